The van der Waals surface area contributed by atoms with E-state index in [1.807, 2.05) is 0 Å². The number of hydrogen-bond donors (Lipinski definition) is 0. The smallest absolute Gasteiger partial charge is 0.329 e. The van der Waals surface area contributed by atoms with E-state index in [4.69, 9.17) is 0 Å². The lowest BCUT2D eigenvalue weighted by atomic mass is 9.98. The highest BCUT2D eigenvalue weighted by Crippen LogP contribution is 2.14. The van der Waals surface area contributed by atoms with Gasteiger partial charge in [-0.15, -0.1) is 0 Å². The molecule has 2 aliphatic heterocycles. The van der Waals surface area contributed by atoms with Crippen molar-refractivity contribution in [1.29, 1.82) is 0 Å². The first-order valence-electron chi connectivity index (χ1n) is 4.23. The molecule has 0 saturated carbocycles. The topological polar surface area (TPSA) is 7.94 Å². The Morgan fingerprint density at radius 3 is 3.58 bits per heavy atom. The fourth-order valence-electron chi connectivity index (χ4n) is 1.86. The molecular formula is C9H9BN2+. The van der Waals surface area contributed by atoms with Crippen molar-refractivity contribution < 1.29 is 4.49 Å². The molecule has 3 heterocycles. The first-order valence-corrected chi connectivity index (χ1v) is 4.23. The van der Waals surface area contributed by atoms with Crippen LogP contribution < -0.4 is 0 Å². The predicted octanol–water partition coefficient (Wildman–Crippen LogP) is 0.448. The molecule has 3 heteroatoms. The molecule has 12 heavy (non-hydrogen) atoms. The van der Waals surface area contributed by atoms with Gasteiger partial charge in [-0.05, 0) is 24.4 Å². The van der Waals surface area contributed by atoms with Gasteiger partial charge >= 0.3 is 7.55 Å². The summed E-state index contributed by atoms with van der Waals surface area (Å²) >= 11 is 0. The predicted molar refractivity (Wildman–Crippen MR) is 48.5 cm³/mol. The van der Waals surface area contributed by atoms with Gasteiger partial charge in [-0.1, -0.05) is 0 Å². The molecule has 0 amide bonds. The van der Waals surface area contributed by atoms with Gasteiger partial charge in [0.1, 0.15) is 6.21 Å². The van der Waals surface area contributed by atoms with Crippen LogP contribution >= 0.6 is 0 Å². The lowest BCUT2D eigenvalue weighted by Crippen LogP contribution is -2.37. The Bertz CT molecular complexity index is 376. The van der Waals surface area contributed by atoms with Crippen molar-refractivity contribution in [2.24, 2.45) is 0 Å². The summed E-state index contributed by atoms with van der Waals surface area (Å²) in [7, 11) is 2.14. The van der Waals surface area contributed by atoms with Crippen LogP contribution in [-0.2, 0) is 6.42 Å². The van der Waals surface area contributed by atoms with Crippen molar-refractivity contribution in [3.8, 4) is 0 Å². The van der Waals surface area contributed by atoms with Crippen LogP contribution in [0, 0.1) is 0 Å². The van der Waals surface area contributed by atoms with Crippen LogP contribution in [-0.4, -0.2) is 28.8 Å². The number of fused-ring (bicyclic) bond motifs is 2. The van der Waals surface area contributed by atoms with Crippen molar-refractivity contribution in [3.05, 3.63) is 36.2 Å². The maximum Gasteiger partial charge on any atom is 0.693 e. The summed E-state index contributed by atoms with van der Waals surface area (Å²) in [6, 6.07) is 4.84. The van der Waals surface area contributed by atoms with E-state index in [1.165, 1.54) is 5.69 Å². The molecule has 0 saturated heterocycles. The van der Waals surface area contributed by atoms with Gasteiger partial charge in [0.05, 0.1) is 6.42 Å². The summed E-state index contributed by atoms with van der Waals surface area (Å²) in [4.78, 5) is 0. The largest absolute Gasteiger partial charge is 0.693 e. The van der Waals surface area contributed by atoms with Crippen molar-refractivity contribution >= 4 is 13.8 Å². The van der Waals surface area contributed by atoms with Gasteiger partial charge in [0.15, 0.2) is 6.04 Å². The molecule has 1 unspecified atom stereocenters. The second-order valence-electron chi connectivity index (χ2n) is 3.27. The minimum Gasteiger partial charge on any atom is -0.329 e. The molecule has 0 N–H and O–H groups in total. The number of nitrogens with zero attached hydrogens (tertiary/aromatic N) is 2. The Morgan fingerprint density at radius 1 is 1.58 bits per heavy atom. The van der Waals surface area contributed by atoms with Crippen LogP contribution in [0.3, 0.4) is 0 Å². The average molecular weight is 156 g/mol. The minimum atomic E-state index is 0.562. The number of allylic oxidation sites excluding steroid dienone is 1. The second kappa shape index (κ2) is 2.13. The van der Waals surface area contributed by atoms with Gasteiger partial charge in [0.2, 0.25) is 0 Å². The van der Waals surface area contributed by atoms with Gasteiger partial charge in [-0.3, -0.25) is 4.49 Å². The van der Waals surface area contributed by atoms with Crippen LogP contribution in [0.4, 0.5) is 0 Å². The van der Waals surface area contributed by atoms with E-state index in [0.29, 0.717) is 6.04 Å². The molecule has 57 valence electrons. The molecular weight excluding hydrogens is 147 g/mol. The zero-order valence-corrected chi connectivity index (χ0v) is 6.72. The van der Waals surface area contributed by atoms with Crippen LogP contribution in [0.5, 0.6) is 0 Å². The standard InChI is InChI=1S/C9H9BN2/c1-3-8-7-9-4-2-6-12(9)10-11(8)5-1/h1-6,8H,7H2/q+1. The van der Waals surface area contributed by atoms with Crippen LogP contribution in [0.25, 0.3) is 0 Å². The molecule has 3 rings (SSSR count). The first kappa shape index (κ1) is 6.29. The molecule has 1 radical (unpaired) electrons. The van der Waals surface area contributed by atoms with E-state index < -0.39 is 0 Å². The highest BCUT2D eigenvalue weighted by Gasteiger charge is 2.31. The van der Waals surface area contributed by atoms with E-state index in [1.54, 1.807) is 0 Å². The maximum atomic E-state index is 2.24. The first-order chi connectivity index (χ1) is 5.93. The third kappa shape index (κ3) is 0.736. The zero-order chi connectivity index (χ0) is 7.97. The Kier molecular flexibility index (Phi) is 1.11. The highest BCUT2D eigenvalue weighted by atomic mass is 15.1. The Hall–Kier alpha value is -1.25. The molecule has 2 nitrogen and oxygen atoms in total. The van der Waals surface area contributed by atoms with Crippen molar-refractivity contribution in [3.63, 3.8) is 0 Å². The lowest BCUT2D eigenvalue weighted by molar-refractivity contribution is -0.411. The van der Waals surface area contributed by atoms with E-state index in [2.05, 4.69) is 53.2 Å². The maximum absolute atomic E-state index is 2.24. The lowest BCUT2D eigenvalue weighted by Gasteiger charge is -2.16. The SMILES string of the molecule is [B]1n2cccc2CC2C=CC=[N+]12. The Balaban J connectivity index is 2.07. The summed E-state index contributed by atoms with van der Waals surface area (Å²) < 4.78 is 4.42. The molecule has 1 aromatic rings. The Morgan fingerprint density at radius 2 is 2.58 bits per heavy atom. The quantitative estimate of drug-likeness (QED) is 0.482. The molecule has 0 aromatic carbocycles. The Labute approximate surface area is 72.1 Å². The second-order valence-corrected chi connectivity index (χ2v) is 3.27. The van der Waals surface area contributed by atoms with Gasteiger partial charge in [-0.2, -0.15) is 0 Å². The van der Waals surface area contributed by atoms with Crippen LogP contribution in [0.15, 0.2) is 30.5 Å². The summed E-state index contributed by atoms with van der Waals surface area (Å²) in [5.41, 5.74) is 1.40. The molecule has 2 aliphatic rings. The molecule has 0 fully saturated rings. The summed E-state index contributed by atoms with van der Waals surface area (Å²) in [5, 5.41) is 0. The zero-order valence-electron chi connectivity index (χ0n) is 6.72. The fourth-order valence-corrected chi connectivity index (χ4v) is 1.86. The fraction of sp³-hybridized carbons (Fsp3) is 0.222. The number of rotatable bonds is 0. The molecule has 0 spiro atoms. The van der Waals surface area contributed by atoms with Gasteiger partial charge in [-0.25, -0.2) is 0 Å². The normalized spacial score (nSPS) is 24.3. The highest BCUT2D eigenvalue weighted by molar-refractivity contribution is 6.25. The van der Waals surface area contributed by atoms with E-state index in [0.717, 1.165) is 6.42 Å². The summed E-state index contributed by atoms with van der Waals surface area (Å²) in [6.45, 7) is 0. The van der Waals surface area contributed by atoms with Crippen molar-refractivity contribution in [2.45, 2.75) is 12.5 Å². The molecule has 1 aromatic heterocycles. The van der Waals surface area contributed by atoms with E-state index in [-0.39, 0.29) is 0 Å². The van der Waals surface area contributed by atoms with Crippen molar-refractivity contribution in [1.82, 2.24) is 4.48 Å². The van der Waals surface area contributed by atoms with E-state index >= 15 is 0 Å². The molecule has 0 aliphatic carbocycles. The summed E-state index contributed by atoms with van der Waals surface area (Å²) in [5.74, 6) is 0. The summed E-state index contributed by atoms with van der Waals surface area (Å²) in [6.07, 6.45) is 9.70. The minimum absolute atomic E-state index is 0.562. The van der Waals surface area contributed by atoms with Gasteiger partial charge in [0, 0.05) is 11.8 Å². The van der Waals surface area contributed by atoms with Gasteiger partial charge < -0.3 is 4.48 Å². The third-order valence-electron chi connectivity index (χ3n) is 2.52. The van der Waals surface area contributed by atoms with Crippen molar-refractivity contribution in [2.75, 3.05) is 0 Å². The van der Waals surface area contributed by atoms with E-state index in [9.17, 15) is 0 Å². The average Bonchev–Trinajstić information content (AvgIpc) is 2.64. The number of hydrogen-bond acceptors (Lipinski definition) is 0. The van der Waals surface area contributed by atoms with Crippen LogP contribution in [0.2, 0.25) is 0 Å². The van der Waals surface area contributed by atoms with Crippen LogP contribution in [0.1, 0.15) is 5.69 Å². The monoisotopic (exact) mass is 156 g/mol. The number of aromatic nitrogens is 1. The molecule has 0 bridgehead atoms. The third-order valence-corrected chi connectivity index (χ3v) is 2.52. The van der Waals surface area contributed by atoms with Gasteiger partial charge in [0.25, 0.3) is 0 Å². The molecule has 1 atom stereocenters.